The lowest BCUT2D eigenvalue weighted by molar-refractivity contribution is 0.673. The number of allylic oxidation sites excluding steroid dienone is 1. The number of aryl methyl sites for hydroxylation is 1. The summed E-state index contributed by atoms with van der Waals surface area (Å²) in [5.41, 5.74) is 0.0121. The van der Waals surface area contributed by atoms with Crippen molar-refractivity contribution in [3.63, 3.8) is 0 Å². The van der Waals surface area contributed by atoms with E-state index in [0.29, 0.717) is 13.1 Å². The zero-order chi connectivity index (χ0) is 9.14. The first-order valence-electron chi connectivity index (χ1n) is 3.74. The van der Waals surface area contributed by atoms with Gasteiger partial charge in [0.1, 0.15) is 0 Å². The molecule has 1 aromatic heterocycles. The average molecular weight is 231 g/mol. The van der Waals surface area contributed by atoms with Gasteiger partial charge < -0.3 is 0 Å². The van der Waals surface area contributed by atoms with Crippen LogP contribution < -0.4 is 5.69 Å². The minimum absolute atomic E-state index is 0.0121. The van der Waals surface area contributed by atoms with Crippen LogP contribution in [0.25, 0.3) is 0 Å². The van der Waals surface area contributed by atoms with Gasteiger partial charge in [0.15, 0.2) is 0 Å². The third-order valence-electron chi connectivity index (χ3n) is 1.60. The van der Waals surface area contributed by atoms with Crippen molar-refractivity contribution in [2.24, 2.45) is 0 Å². The minimum atomic E-state index is 0.0121. The summed E-state index contributed by atoms with van der Waals surface area (Å²) in [6.45, 7) is 6.86. The fraction of sp³-hybridized carbons (Fsp3) is 0.375. The van der Waals surface area contributed by atoms with E-state index in [4.69, 9.17) is 0 Å². The highest BCUT2D eigenvalue weighted by molar-refractivity contribution is 9.11. The van der Waals surface area contributed by atoms with Crippen molar-refractivity contribution in [2.45, 2.75) is 20.0 Å². The molecule has 0 N–H and O–H groups in total. The second kappa shape index (κ2) is 3.76. The van der Waals surface area contributed by atoms with Crippen LogP contribution in [0.1, 0.15) is 6.92 Å². The largest absolute Gasteiger partial charge is 0.328 e. The summed E-state index contributed by atoms with van der Waals surface area (Å²) in [5, 5.41) is 0. The Balaban J connectivity index is 2.95. The summed E-state index contributed by atoms with van der Waals surface area (Å²) in [5.74, 6) is 0. The van der Waals surface area contributed by atoms with Crippen molar-refractivity contribution in [1.29, 1.82) is 0 Å². The first kappa shape index (κ1) is 9.32. The lowest BCUT2D eigenvalue weighted by Gasteiger charge is -1.97. The second-order valence-corrected chi connectivity index (χ2v) is 3.63. The fourth-order valence-electron chi connectivity index (χ4n) is 0.999. The normalized spacial score (nSPS) is 10.2. The lowest BCUT2D eigenvalue weighted by Crippen LogP contribution is -2.23. The maximum Gasteiger partial charge on any atom is 0.328 e. The number of hydrogen-bond donors (Lipinski definition) is 0. The molecule has 1 rings (SSSR count). The Labute approximate surface area is 79.4 Å². The van der Waals surface area contributed by atoms with E-state index in [1.54, 1.807) is 21.5 Å². The van der Waals surface area contributed by atoms with Crippen LogP contribution in [-0.2, 0) is 13.1 Å². The van der Waals surface area contributed by atoms with E-state index in [2.05, 4.69) is 22.5 Å². The maximum atomic E-state index is 11.4. The molecule has 3 nitrogen and oxygen atoms in total. The standard InChI is InChI=1S/C8H11BrN2O/c1-3-10-4-5-11(8(10)12)6-7(2)9/h4-5H,2-3,6H2,1H3. The molecule has 0 amide bonds. The van der Waals surface area contributed by atoms with Crippen molar-refractivity contribution in [2.75, 3.05) is 0 Å². The van der Waals surface area contributed by atoms with Crippen LogP contribution in [0.5, 0.6) is 0 Å². The molecule has 12 heavy (non-hydrogen) atoms. The number of hydrogen-bond acceptors (Lipinski definition) is 1. The monoisotopic (exact) mass is 230 g/mol. The maximum absolute atomic E-state index is 11.4. The van der Waals surface area contributed by atoms with E-state index >= 15 is 0 Å². The molecule has 0 atom stereocenters. The van der Waals surface area contributed by atoms with Crippen molar-refractivity contribution >= 4 is 15.9 Å². The number of aromatic nitrogens is 2. The van der Waals surface area contributed by atoms with E-state index in [1.807, 2.05) is 6.92 Å². The number of imidazole rings is 1. The zero-order valence-electron chi connectivity index (χ0n) is 6.96. The molecule has 1 heterocycles. The van der Waals surface area contributed by atoms with Crippen LogP contribution in [0.3, 0.4) is 0 Å². The molecular weight excluding hydrogens is 220 g/mol. The zero-order valence-corrected chi connectivity index (χ0v) is 8.54. The Bertz CT molecular complexity index is 337. The molecule has 4 heteroatoms. The molecule has 0 aromatic carbocycles. The van der Waals surface area contributed by atoms with E-state index < -0.39 is 0 Å². The molecule has 0 saturated heterocycles. The average Bonchev–Trinajstić information content (AvgIpc) is 2.32. The first-order chi connectivity index (χ1) is 5.65. The van der Waals surface area contributed by atoms with E-state index in [9.17, 15) is 4.79 Å². The molecule has 0 aliphatic rings. The molecule has 0 aliphatic heterocycles. The predicted molar refractivity (Wildman–Crippen MR) is 52.4 cm³/mol. The van der Waals surface area contributed by atoms with Crippen LogP contribution in [0.15, 0.2) is 28.2 Å². The first-order valence-corrected chi connectivity index (χ1v) is 4.53. The van der Waals surface area contributed by atoms with Gasteiger partial charge in [-0.05, 0) is 6.92 Å². The SMILES string of the molecule is C=C(Br)Cn1ccn(CC)c1=O. The Morgan fingerprint density at radius 1 is 1.58 bits per heavy atom. The van der Waals surface area contributed by atoms with Gasteiger partial charge in [-0.25, -0.2) is 4.79 Å². The Hall–Kier alpha value is -0.770. The van der Waals surface area contributed by atoms with Crippen LogP contribution in [0.4, 0.5) is 0 Å². The van der Waals surface area contributed by atoms with Gasteiger partial charge in [0.25, 0.3) is 0 Å². The van der Waals surface area contributed by atoms with Crippen molar-refractivity contribution in [3.05, 3.63) is 33.9 Å². The third kappa shape index (κ3) is 1.88. The molecule has 66 valence electrons. The van der Waals surface area contributed by atoms with Gasteiger partial charge in [0.2, 0.25) is 0 Å². The summed E-state index contributed by atoms with van der Waals surface area (Å²) in [4.78, 5) is 11.4. The van der Waals surface area contributed by atoms with E-state index in [0.717, 1.165) is 4.48 Å². The summed E-state index contributed by atoms with van der Waals surface area (Å²) in [7, 11) is 0. The van der Waals surface area contributed by atoms with Gasteiger partial charge in [-0.1, -0.05) is 22.5 Å². The number of halogens is 1. The molecule has 0 aliphatic carbocycles. The lowest BCUT2D eigenvalue weighted by atomic mass is 10.6. The van der Waals surface area contributed by atoms with Crippen molar-refractivity contribution < 1.29 is 0 Å². The predicted octanol–water partition coefficient (Wildman–Crippen LogP) is 1.58. The van der Waals surface area contributed by atoms with E-state index in [-0.39, 0.29) is 5.69 Å². The molecule has 0 unspecified atom stereocenters. The summed E-state index contributed by atoms with van der Waals surface area (Å²) in [6, 6.07) is 0. The van der Waals surface area contributed by atoms with Gasteiger partial charge in [0, 0.05) is 23.4 Å². The summed E-state index contributed by atoms with van der Waals surface area (Å²) < 4.78 is 4.06. The second-order valence-electron chi connectivity index (χ2n) is 2.51. The molecule has 1 aromatic rings. The highest BCUT2D eigenvalue weighted by Gasteiger charge is 2.00. The fourth-order valence-corrected chi connectivity index (χ4v) is 1.27. The Morgan fingerprint density at radius 2 is 2.17 bits per heavy atom. The number of rotatable bonds is 3. The summed E-state index contributed by atoms with van der Waals surface area (Å²) >= 11 is 3.21. The third-order valence-corrected chi connectivity index (χ3v) is 1.85. The van der Waals surface area contributed by atoms with Crippen molar-refractivity contribution in [3.8, 4) is 0 Å². The summed E-state index contributed by atoms with van der Waals surface area (Å²) in [6.07, 6.45) is 3.54. The van der Waals surface area contributed by atoms with Gasteiger partial charge >= 0.3 is 5.69 Å². The molecule has 0 bridgehead atoms. The molecule has 0 saturated carbocycles. The highest BCUT2D eigenvalue weighted by Crippen LogP contribution is 2.02. The molecule has 0 fully saturated rings. The smallest absolute Gasteiger partial charge is 0.300 e. The Kier molecular flexibility index (Phi) is 2.92. The molecule has 0 spiro atoms. The Morgan fingerprint density at radius 3 is 2.58 bits per heavy atom. The van der Waals surface area contributed by atoms with Gasteiger partial charge in [-0.15, -0.1) is 0 Å². The van der Waals surface area contributed by atoms with Crippen molar-refractivity contribution in [1.82, 2.24) is 9.13 Å². The quantitative estimate of drug-likeness (QED) is 0.775. The number of nitrogens with zero attached hydrogens (tertiary/aromatic N) is 2. The van der Waals surface area contributed by atoms with Crippen LogP contribution in [0, 0.1) is 0 Å². The van der Waals surface area contributed by atoms with Crippen LogP contribution in [-0.4, -0.2) is 9.13 Å². The van der Waals surface area contributed by atoms with Crippen LogP contribution >= 0.6 is 15.9 Å². The van der Waals surface area contributed by atoms with Gasteiger partial charge in [0.05, 0.1) is 6.54 Å². The highest BCUT2D eigenvalue weighted by atomic mass is 79.9. The van der Waals surface area contributed by atoms with E-state index in [1.165, 1.54) is 0 Å². The molecular formula is C8H11BrN2O. The van der Waals surface area contributed by atoms with Gasteiger partial charge in [-0.3, -0.25) is 9.13 Å². The topological polar surface area (TPSA) is 26.9 Å². The minimum Gasteiger partial charge on any atom is -0.300 e. The molecule has 0 radical (unpaired) electrons. The van der Waals surface area contributed by atoms with Crippen LogP contribution in [0.2, 0.25) is 0 Å². The van der Waals surface area contributed by atoms with Gasteiger partial charge in [-0.2, -0.15) is 0 Å².